The molecule has 0 saturated carbocycles. The van der Waals surface area contributed by atoms with E-state index in [-0.39, 0.29) is 23.4 Å². The Morgan fingerprint density at radius 2 is 1.39 bits per heavy atom. The lowest BCUT2D eigenvalue weighted by atomic mass is 9.96. The highest BCUT2D eigenvalue weighted by molar-refractivity contribution is 5.35. The number of rotatable bonds is 6. The predicted octanol–water partition coefficient (Wildman–Crippen LogP) is 3.18. The van der Waals surface area contributed by atoms with E-state index < -0.39 is 0 Å². The van der Waals surface area contributed by atoms with Gasteiger partial charge in [-0.3, -0.25) is 14.2 Å². The number of nitrogens with zero attached hydrogens (tertiary/aromatic N) is 5. The van der Waals surface area contributed by atoms with Crippen LogP contribution in [0.25, 0.3) is 5.65 Å². The Kier molecular flexibility index (Phi) is 6.02. The lowest BCUT2D eigenvalue weighted by Crippen LogP contribution is -2.48. The molecule has 0 radical (unpaired) electrons. The van der Waals surface area contributed by atoms with Crippen molar-refractivity contribution in [2.75, 3.05) is 32.7 Å². The summed E-state index contributed by atoms with van der Waals surface area (Å²) in [5.41, 5.74) is 2.48. The van der Waals surface area contributed by atoms with Gasteiger partial charge in [0.05, 0.1) is 12.6 Å². The number of benzene rings is 2. The Labute approximate surface area is 190 Å². The molecular weight excluding hydrogens is 424 g/mol. The average Bonchev–Trinajstić information content (AvgIpc) is 3.17. The van der Waals surface area contributed by atoms with Gasteiger partial charge in [0.25, 0.3) is 0 Å². The zero-order chi connectivity index (χ0) is 22.8. The van der Waals surface area contributed by atoms with E-state index in [0.29, 0.717) is 12.2 Å². The lowest BCUT2D eigenvalue weighted by molar-refractivity contribution is 0.106. The summed E-state index contributed by atoms with van der Waals surface area (Å²) < 4.78 is 30.1. The Balaban J connectivity index is 1.27. The highest BCUT2D eigenvalue weighted by atomic mass is 19.1. The number of hydrogen-bond donors (Lipinski definition) is 0. The first-order valence-corrected chi connectivity index (χ1v) is 11.1. The third-order valence-electron chi connectivity index (χ3n) is 6.26. The van der Waals surface area contributed by atoms with Crippen molar-refractivity contribution in [3.05, 3.63) is 106 Å². The smallest absolute Gasteiger partial charge is 0.299 e. The SMILES string of the molecule is O=c1n(CCN2CCN(C(c3ccc(F)cc3)c3ccc(F)cc3)CC2)nc2ccccn12. The summed E-state index contributed by atoms with van der Waals surface area (Å²) in [7, 11) is 0. The number of fused-ring (bicyclic) bond motifs is 1. The molecule has 0 N–H and O–H groups in total. The molecule has 5 rings (SSSR count). The maximum absolute atomic E-state index is 13.5. The van der Waals surface area contributed by atoms with Gasteiger partial charge in [-0.1, -0.05) is 30.3 Å². The zero-order valence-electron chi connectivity index (χ0n) is 18.1. The molecule has 0 unspecified atom stereocenters. The Morgan fingerprint density at radius 3 is 1.97 bits per heavy atom. The van der Waals surface area contributed by atoms with Gasteiger partial charge >= 0.3 is 5.69 Å². The van der Waals surface area contributed by atoms with Crippen molar-refractivity contribution in [3.8, 4) is 0 Å². The van der Waals surface area contributed by atoms with Gasteiger partial charge in [-0.15, -0.1) is 5.10 Å². The number of hydrogen-bond acceptors (Lipinski definition) is 4. The quantitative estimate of drug-likeness (QED) is 0.454. The highest BCUT2D eigenvalue weighted by Gasteiger charge is 2.26. The highest BCUT2D eigenvalue weighted by Crippen LogP contribution is 2.30. The topological polar surface area (TPSA) is 45.8 Å². The molecule has 1 aliphatic rings. The monoisotopic (exact) mass is 449 g/mol. The van der Waals surface area contributed by atoms with E-state index >= 15 is 0 Å². The largest absolute Gasteiger partial charge is 0.350 e. The zero-order valence-corrected chi connectivity index (χ0v) is 18.1. The molecule has 170 valence electrons. The van der Waals surface area contributed by atoms with E-state index in [2.05, 4.69) is 14.9 Å². The molecular formula is C25H25F2N5O. The van der Waals surface area contributed by atoms with Crippen LogP contribution < -0.4 is 5.69 Å². The van der Waals surface area contributed by atoms with Gasteiger partial charge in [-0.05, 0) is 47.5 Å². The van der Waals surface area contributed by atoms with Crippen LogP contribution >= 0.6 is 0 Å². The van der Waals surface area contributed by atoms with Crippen molar-refractivity contribution in [2.45, 2.75) is 12.6 Å². The van der Waals surface area contributed by atoms with E-state index in [0.717, 1.165) is 43.9 Å². The molecule has 1 saturated heterocycles. The second-order valence-electron chi connectivity index (χ2n) is 8.32. The van der Waals surface area contributed by atoms with Crippen LogP contribution in [0.15, 0.2) is 77.7 Å². The molecule has 1 fully saturated rings. The summed E-state index contributed by atoms with van der Waals surface area (Å²) in [6.45, 7) is 4.54. The van der Waals surface area contributed by atoms with Crippen molar-refractivity contribution in [1.29, 1.82) is 0 Å². The fourth-order valence-corrected chi connectivity index (χ4v) is 4.50. The first-order valence-electron chi connectivity index (χ1n) is 11.1. The minimum absolute atomic E-state index is 0.0746. The van der Waals surface area contributed by atoms with E-state index in [1.54, 1.807) is 34.9 Å². The van der Waals surface area contributed by atoms with Crippen LogP contribution in [-0.4, -0.2) is 56.7 Å². The molecule has 3 heterocycles. The standard InChI is InChI=1S/C25H25F2N5O/c26-21-8-4-19(5-9-21)24(20-6-10-22(27)11-7-20)30-16-13-29(14-17-30)15-18-32-25(33)31-12-2-1-3-23(31)28-32/h1-12,24H,13-18H2. The maximum atomic E-state index is 13.5. The number of piperazine rings is 1. The first kappa shape index (κ1) is 21.5. The number of pyridine rings is 1. The molecule has 0 spiro atoms. The van der Waals surface area contributed by atoms with Crippen molar-refractivity contribution in [1.82, 2.24) is 24.0 Å². The van der Waals surface area contributed by atoms with Gasteiger partial charge in [0, 0.05) is 38.9 Å². The van der Waals surface area contributed by atoms with Crippen LogP contribution in [0, 0.1) is 11.6 Å². The van der Waals surface area contributed by atoms with Gasteiger partial charge in [0.1, 0.15) is 11.6 Å². The minimum Gasteiger partial charge on any atom is -0.299 e. The summed E-state index contributed by atoms with van der Waals surface area (Å²) in [5.74, 6) is -0.549. The molecule has 0 bridgehead atoms. The Morgan fingerprint density at radius 1 is 0.788 bits per heavy atom. The second kappa shape index (κ2) is 9.25. The van der Waals surface area contributed by atoms with E-state index in [1.165, 1.54) is 28.9 Å². The summed E-state index contributed by atoms with van der Waals surface area (Å²) in [6.07, 6.45) is 1.73. The minimum atomic E-state index is -0.274. The van der Waals surface area contributed by atoms with Gasteiger partial charge in [-0.2, -0.15) is 0 Å². The summed E-state index contributed by atoms with van der Waals surface area (Å²) >= 11 is 0. The molecule has 0 aliphatic carbocycles. The van der Waals surface area contributed by atoms with E-state index in [1.807, 2.05) is 18.2 Å². The molecule has 2 aromatic carbocycles. The summed E-state index contributed by atoms with van der Waals surface area (Å²) in [4.78, 5) is 17.1. The molecule has 1 aliphatic heterocycles. The van der Waals surface area contributed by atoms with E-state index in [9.17, 15) is 13.6 Å². The third-order valence-corrected chi connectivity index (χ3v) is 6.26. The predicted molar refractivity (Wildman–Crippen MR) is 122 cm³/mol. The third kappa shape index (κ3) is 4.58. The van der Waals surface area contributed by atoms with Crippen LogP contribution in [0.2, 0.25) is 0 Å². The van der Waals surface area contributed by atoms with Crippen LogP contribution in [0.5, 0.6) is 0 Å². The van der Waals surface area contributed by atoms with Crippen molar-refractivity contribution < 1.29 is 8.78 Å². The molecule has 6 nitrogen and oxygen atoms in total. The Bertz CT molecular complexity index is 1230. The second-order valence-corrected chi connectivity index (χ2v) is 8.32. The van der Waals surface area contributed by atoms with E-state index in [4.69, 9.17) is 0 Å². The van der Waals surface area contributed by atoms with Crippen LogP contribution in [0.1, 0.15) is 17.2 Å². The molecule has 8 heteroatoms. The van der Waals surface area contributed by atoms with Crippen LogP contribution in [0.4, 0.5) is 8.78 Å². The molecule has 4 aromatic rings. The van der Waals surface area contributed by atoms with Gasteiger partial charge in [0.2, 0.25) is 0 Å². The molecule has 0 amide bonds. The van der Waals surface area contributed by atoms with Gasteiger partial charge < -0.3 is 0 Å². The summed E-state index contributed by atoms with van der Waals surface area (Å²) in [5, 5.41) is 4.40. The number of aromatic nitrogens is 3. The lowest BCUT2D eigenvalue weighted by Gasteiger charge is -2.39. The van der Waals surface area contributed by atoms with Gasteiger partial charge in [0.15, 0.2) is 5.65 Å². The van der Waals surface area contributed by atoms with Crippen molar-refractivity contribution in [2.24, 2.45) is 0 Å². The normalized spacial score (nSPS) is 15.5. The van der Waals surface area contributed by atoms with Crippen LogP contribution in [0.3, 0.4) is 0 Å². The van der Waals surface area contributed by atoms with Gasteiger partial charge in [-0.25, -0.2) is 18.3 Å². The van der Waals surface area contributed by atoms with Crippen LogP contribution in [-0.2, 0) is 6.54 Å². The molecule has 33 heavy (non-hydrogen) atoms. The number of halogens is 2. The average molecular weight is 450 g/mol. The fraction of sp³-hybridized carbons (Fsp3) is 0.280. The summed E-state index contributed by atoms with van der Waals surface area (Å²) in [6, 6.07) is 18.5. The maximum Gasteiger partial charge on any atom is 0.350 e. The molecule has 2 aromatic heterocycles. The molecule has 0 atom stereocenters. The first-order chi connectivity index (χ1) is 16.1. The fourth-order valence-electron chi connectivity index (χ4n) is 4.50. The van der Waals surface area contributed by atoms with Crippen molar-refractivity contribution >= 4 is 5.65 Å². The Hall–Kier alpha value is -3.36. The van der Waals surface area contributed by atoms with Crippen molar-refractivity contribution in [3.63, 3.8) is 0 Å².